The first-order valence-electron chi connectivity index (χ1n) is 5.86. The smallest absolute Gasteiger partial charge is 0.194 e. The Morgan fingerprint density at radius 2 is 1.63 bits per heavy atom. The maximum atomic E-state index is 13.1. The SMILES string of the molecule is Cc1ccccc1CC(O)c1cc(F)c(F)c(F)c1. The average molecular weight is 266 g/mol. The summed E-state index contributed by atoms with van der Waals surface area (Å²) in [6, 6.07) is 9.04. The van der Waals surface area contributed by atoms with Gasteiger partial charge in [0, 0.05) is 6.42 Å². The van der Waals surface area contributed by atoms with Crippen molar-refractivity contribution in [1.82, 2.24) is 0 Å². The topological polar surface area (TPSA) is 20.2 Å². The lowest BCUT2D eigenvalue weighted by Crippen LogP contribution is -2.05. The highest BCUT2D eigenvalue weighted by Gasteiger charge is 2.16. The first kappa shape index (κ1) is 13.6. The molecule has 0 heterocycles. The number of aliphatic hydroxyl groups excluding tert-OH is 1. The molecule has 0 saturated carbocycles. The van der Waals surface area contributed by atoms with Gasteiger partial charge >= 0.3 is 0 Å². The molecule has 0 spiro atoms. The quantitative estimate of drug-likeness (QED) is 0.840. The van der Waals surface area contributed by atoms with E-state index in [9.17, 15) is 18.3 Å². The van der Waals surface area contributed by atoms with E-state index in [-0.39, 0.29) is 12.0 Å². The molecule has 0 fully saturated rings. The number of benzene rings is 2. The summed E-state index contributed by atoms with van der Waals surface area (Å²) in [6.07, 6.45) is -0.859. The normalized spacial score (nSPS) is 12.5. The molecule has 100 valence electrons. The van der Waals surface area contributed by atoms with Gasteiger partial charge in [0.15, 0.2) is 17.5 Å². The minimum Gasteiger partial charge on any atom is -0.388 e. The molecule has 1 unspecified atom stereocenters. The number of hydrogen-bond donors (Lipinski definition) is 1. The summed E-state index contributed by atoms with van der Waals surface area (Å²) in [6.45, 7) is 1.88. The Labute approximate surface area is 109 Å². The van der Waals surface area contributed by atoms with E-state index < -0.39 is 23.6 Å². The second-order valence-electron chi connectivity index (χ2n) is 4.44. The standard InChI is InChI=1S/C15H13F3O/c1-9-4-2-3-5-10(9)8-14(19)11-6-12(16)15(18)13(17)7-11/h2-7,14,19H,8H2,1H3. The number of hydrogen-bond acceptors (Lipinski definition) is 1. The lowest BCUT2D eigenvalue weighted by Gasteiger charge is -2.13. The molecular formula is C15H13F3O. The van der Waals surface area contributed by atoms with Crippen LogP contribution in [0.4, 0.5) is 13.2 Å². The van der Waals surface area contributed by atoms with Gasteiger partial charge in [-0.1, -0.05) is 24.3 Å². The molecule has 2 aromatic rings. The molecule has 0 aliphatic heterocycles. The Hall–Kier alpha value is -1.81. The van der Waals surface area contributed by atoms with Gasteiger partial charge in [0.05, 0.1) is 6.10 Å². The second kappa shape index (κ2) is 5.45. The minimum absolute atomic E-state index is 0.0275. The van der Waals surface area contributed by atoms with Gasteiger partial charge in [-0.15, -0.1) is 0 Å². The molecule has 19 heavy (non-hydrogen) atoms. The first-order valence-corrected chi connectivity index (χ1v) is 5.86. The third-order valence-corrected chi connectivity index (χ3v) is 3.07. The molecular weight excluding hydrogens is 253 g/mol. The fourth-order valence-electron chi connectivity index (χ4n) is 1.93. The van der Waals surface area contributed by atoms with Crippen LogP contribution < -0.4 is 0 Å². The highest BCUT2D eigenvalue weighted by Crippen LogP contribution is 2.23. The summed E-state index contributed by atoms with van der Waals surface area (Å²) < 4.78 is 39.0. The van der Waals surface area contributed by atoms with Crippen LogP contribution in [-0.4, -0.2) is 5.11 Å². The molecule has 0 aliphatic rings. The molecule has 1 N–H and O–H groups in total. The molecule has 0 aliphatic carbocycles. The molecule has 4 heteroatoms. The van der Waals surface area contributed by atoms with Crippen LogP contribution in [0.5, 0.6) is 0 Å². The summed E-state index contributed by atoms with van der Waals surface area (Å²) in [4.78, 5) is 0. The predicted molar refractivity (Wildman–Crippen MR) is 66.2 cm³/mol. The van der Waals surface area contributed by atoms with Crippen LogP contribution in [0.3, 0.4) is 0 Å². The van der Waals surface area contributed by atoms with E-state index in [4.69, 9.17) is 0 Å². The van der Waals surface area contributed by atoms with E-state index in [1.54, 1.807) is 0 Å². The highest BCUT2D eigenvalue weighted by atomic mass is 19.2. The Morgan fingerprint density at radius 1 is 1.05 bits per heavy atom. The molecule has 0 saturated heterocycles. The maximum absolute atomic E-state index is 13.1. The molecule has 1 atom stereocenters. The first-order chi connectivity index (χ1) is 8.99. The molecule has 0 bridgehead atoms. The van der Waals surface area contributed by atoms with Gasteiger partial charge in [-0.05, 0) is 35.7 Å². The average Bonchev–Trinajstić information content (AvgIpc) is 2.38. The molecule has 0 amide bonds. The van der Waals surface area contributed by atoms with Crippen LogP contribution in [-0.2, 0) is 6.42 Å². The zero-order valence-electron chi connectivity index (χ0n) is 10.3. The van der Waals surface area contributed by atoms with Crippen molar-refractivity contribution in [3.8, 4) is 0 Å². The van der Waals surface area contributed by atoms with E-state index in [0.29, 0.717) is 0 Å². The van der Waals surface area contributed by atoms with Crippen molar-refractivity contribution >= 4 is 0 Å². The zero-order chi connectivity index (χ0) is 14.0. The third-order valence-electron chi connectivity index (χ3n) is 3.07. The van der Waals surface area contributed by atoms with Gasteiger partial charge in [0.1, 0.15) is 0 Å². The van der Waals surface area contributed by atoms with Crippen molar-refractivity contribution in [2.75, 3.05) is 0 Å². The highest BCUT2D eigenvalue weighted by molar-refractivity contribution is 5.29. The lowest BCUT2D eigenvalue weighted by atomic mass is 9.98. The monoisotopic (exact) mass is 266 g/mol. The van der Waals surface area contributed by atoms with E-state index in [1.807, 2.05) is 31.2 Å². The van der Waals surface area contributed by atoms with Gasteiger partial charge in [-0.25, -0.2) is 13.2 Å². The maximum Gasteiger partial charge on any atom is 0.194 e. The summed E-state index contributed by atoms with van der Waals surface area (Å²) in [5.74, 6) is -4.11. The van der Waals surface area contributed by atoms with Crippen molar-refractivity contribution in [3.63, 3.8) is 0 Å². The number of rotatable bonds is 3. The minimum atomic E-state index is -1.52. The number of halogens is 3. The summed E-state index contributed by atoms with van der Waals surface area (Å²) >= 11 is 0. The largest absolute Gasteiger partial charge is 0.388 e. The predicted octanol–water partition coefficient (Wildman–Crippen LogP) is 3.69. The van der Waals surface area contributed by atoms with Crippen LogP contribution in [0.1, 0.15) is 22.8 Å². The van der Waals surface area contributed by atoms with E-state index in [0.717, 1.165) is 23.3 Å². The molecule has 2 aromatic carbocycles. The van der Waals surface area contributed by atoms with Crippen molar-refractivity contribution in [2.24, 2.45) is 0 Å². The Kier molecular flexibility index (Phi) is 3.90. The van der Waals surface area contributed by atoms with Gasteiger partial charge < -0.3 is 5.11 Å². The van der Waals surface area contributed by atoms with Crippen molar-refractivity contribution < 1.29 is 18.3 Å². The van der Waals surface area contributed by atoms with Crippen molar-refractivity contribution in [1.29, 1.82) is 0 Å². The molecule has 0 aromatic heterocycles. The summed E-state index contributed by atoms with van der Waals surface area (Å²) in [5.41, 5.74) is 1.88. The third kappa shape index (κ3) is 2.96. The van der Waals surface area contributed by atoms with Crippen LogP contribution in [0.15, 0.2) is 36.4 Å². The van der Waals surface area contributed by atoms with E-state index >= 15 is 0 Å². The van der Waals surface area contributed by atoms with Gasteiger partial charge in [-0.3, -0.25) is 0 Å². The fourth-order valence-corrected chi connectivity index (χ4v) is 1.93. The summed E-state index contributed by atoms with van der Waals surface area (Å²) in [5, 5.41) is 9.98. The zero-order valence-corrected chi connectivity index (χ0v) is 10.3. The van der Waals surface area contributed by atoms with E-state index in [2.05, 4.69) is 0 Å². The fraction of sp³-hybridized carbons (Fsp3) is 0.200. The number of aliphatic hydroxyl groups is 1. The Bertz CT molecular complexity index is 573. The second-order valence-corrected chi connectivity index (χ2v) is 4.44. The van der Waals surface area contributed by atoms with Crippen LogP contribution in [0.25, 0.3) is 0 Å². The molecule has 2 rings (SSSR count). The molecule has 0 radical (unpaired) electrons. The lowest BCUT2D eigenvalue weighted by molar-refractivity contribution is 0.177. The Morgan fingerprint density at radius 3 is 2.21 bits per heavy atom. The van der Waals surface area contributed by atoms with E-state index in [1.165, 1.54) is 0 Å². The van der Waals surface area contributed by atoms with Crippen molar-refractivity contribution in [3.05, 3.63) is 70.5 Å². The van der Waals surface area contributed by atoms with Gasteiger partial charge in [0.2, 0.25) is 0 Å². The van der Waals surface area contributed by atoms with Gasteiger partial charge in [-0.2, -0.15) is 0 Å². The summed E-state index contributed by atoms with van der Waals surface area (Å²) in [7, 11) is 0. The number of aryl methyl sites for hydroxylation is 1. The molecule has 1 nitrogen and oxygen atoms in total. The van der Waals surface area contributed by atoms with Crippen LogP contribution in [0.2, 0.25) is 0 Å². The van der Waals surface area contributed by atoms with Crippen LogP contribution >= 0.6 is 0 Å². The van der Waals surface area contributed by atoms with Crippen LogP contribution in [0, 0.1) is 24.4 Å². The Balaban J connectivity index is 2.26. The van der Waals surface area contributed by atoms with Crippen molar-refractivity contribution in [2.45, 2.75) is 19.4 Å². The van der Waals surface area contributed by atoms with Gasteiger partial charge in [0.25, 0.3) is 0 Å².